The number of rotatable bonds is 7. The lowest BCUT2D eigenvalue weighted by molar-refractivity contribution is -0.137. The first-order valence-corrected chi connectivity index (χ1v) is 12.3. The summed E-state index contributed by atoms with van der Waals surface area (Å²) in [6, 6.07) is 6.44. The van der Waals surface area contributed by atoms with E-state index in [9.17, 15) is 26.4 Å². The van der Waals surface area contributed by atoms with Crippen LogP contribution in [0.25, 0.3) is 0 Å². The summed E-state index contributed by atoms with van der Waals surface area (Å²) < 4.78 is 65.4. The lowest BCUT2D eigenvalue weighted by Crippen LogP contribution is -2.26. The summed E-state index contributed by atoms with van der Waals surface area (Å²) in [5, 5.41) is 8.12. The Labute approximate surface area is 204 Å². The molecular weight excluding hydrogens is 501 g/mol. The van der Waals surface area contributed by atoms with Gasteiger partial charge in [0, 0.05) is 36.4 Å². The molecule has 2 aromatic heterocycles. The maximum Gasteiger partial charge on any atom is 0.421 e. The van der Waals surface area contributed by atoms with E-state index in [0.717, 1.165) is 16.1 Å². The second kappa shape index (κ2) is 9.22. The molecule has 11 nitrogen and oxygen atoms in total. The number of anilines is 5. The molecule has 0 atom stereocenters. The first kappa shape index (κ1) is 25.1. The van der Waals surface area contributed by atoms with Crippen molar-refractivity contribution >= 4 is 44.9 Å². The van der Waals surface area contributed by atoms with E-state index in [0.29, 0.717) is 23.3 Å². The number of aryl methyl sites for hydroxylation is 1. The van der Waals surface area contributed by atoms with Crippen molar-refractivity contribution in [2.75, 3.05) is 33.6 Å². The smallest absolute Gasteiger partial charge is 0.362 e. The SMILES string of the molecule is Cc1cc(N(C)S(C)(=O)=O)nc(CNc2nc(Nc3ccc4c(c3)CC(=O)N4)ncc2C(F)(F)F)n1. The fraction of sp³-hybridized carbons (Fsp3) is 0.286. The van der Waals surface area contributed by atoms with Crippen molar-refractivity contribution in [3.05, 3.63) is 53.1 Å². The molecule has 0 saturated carbocycles. The van der Waals surface area contributed by atoms with E-state index in [1.807, 2.05) is 0 Å². The maximum absolute atomic E-state index is 13.6. The molecule has 36 heavy (non-hydrogen) atoms. The number of sulfonamides is 1. The van der Waals surface area contributed by atoms with E-state index in [1.54, 1.807) is 25.1 Å². The van der Waals surface area contributed by atoms with Crippen LogP contribution in [0.15, 0.2) is 30.5 Å². The second-order valence-corrected chi connectivity index (χ2v) is 10.1. The van der Waals surface area contributed by atoms with Gasteiger partial charge >= 0.3 is 6.18 Å². The van der Waals surface area contributed by atoms with Crippen LogP contribution in [-0.2, 0) is 34.0 Å². The van der Waals surface area contributed by atoms with Crippen LogP contribution in [0, 0.1) is 6.92 Å². The molecule has 3 heterocycles. The molecule has 0 bridgehead atoms. The van der Waals surface area contributed by atoms with Crippen LogP contribution in [0.3, 0.4) is 0 Å². The lowest BCUT2D eigenvalue weighted by atomic mass is 10.1. The van der Waals surface area contributed by atoms with E-state index in [2.05, 4.69) is 35.9 Å². The Bertz CT molecular complexity index is 1450. The molecule has 0 unspecified atom stereocenters. The Hall–Kier alpha value is -4.01. The molecule has 4 rings (SSSR count). The summed E-state index contributed by atoms with van der Waals surface area (Å²) in [5.74, 6) is -0.625. The van der Waals surface area contributed by atoms with Gasteiger partial charge < -0.3 is 16.0 Å². The van der Waals surface area contributed by atoms with Crippen molar-refractivity contribution in [3.8, 4) is 0 Å². The van der Waals surface area contributed by atoms with Crippen molar-refractivity contribution in [1.29, 1.82) is 0 Å². The number of halogens is 3. The highest BCUT2D eigenvalue weighted by molar-refractivity contribution is 7.92. The van der Waals surface area contributed by atoms with Crippen LogP contribution in [0.1, 0.15) is 22.6 Å². The average Bonchev–Trinajstić information content (AvgIpc) is 3.14. The largest absolute Gasteiger partial charge is 0.421 e. The minimum Gasteiger partial charge on any atom is -0.362 e. The third-order valence-electron chi connectivity index (χ3n) is 5.20. The molecule has 190 valence electrons. The summed E-state index contributed by atoms with van der Waals surface area (Å²) in [6.07, 6.45) is -2.90. The standard InChI is InChI=1S/C21H21F3N8O3S/c1-11-6-17(32(2)36(3,34)35)30-16(27-11)10-25-19-14(21(22,23)24)9-26-20(31-19)28-13-4-5-15-12(7-13)8-18(33)29-15/h4-7,9H,8,10H2,1-3H3,(H,29,33)(H2,25,26,28,31). The van der Waals surface area contributed by atoms with Gasteiger partial charge in [0.05, 0.1) is 19.2 Å². The van der Waals surface area contributed by atoms with Gasteiger partial charge in [-0.15, -0.1) is 0 Å². The number of carbonyl (C=O) groups is 1. The van der Waals surface area contributed by atoms with Gasteiger partial charge in [-0.3, -0.25) is 9.10 Å². The number of fused-ring (bicyclic) bond motifs is 1. The third kappa shape index (κ3) is 5.62. The van der Waals surface area contributed by atoms with Gasteiger partial charge in [0.2, 0.25) is 21.9 Å². The summed E-state index contributed by atoms with van der Waals surface area (Å²) in [7, 11) is -2.29. The number of carbonyl (C=O) groups excluding carboxylic acids is 1. The van der Waals surface area contributed by atoms with Gasteiger partial charge in [0.25, 0.3) is 0 Å². The maximum atomic E-state index is 13.6. The van der Waals surface area contributed by atoms with Crippen molar-refractivity contribution in [1.82, 2.24) is 19.9 Å². The minimum absolute atomic E-state index is 0.0672. The summed E-state index contributed by atoms with van der Waals surface area (Å²) in [6.45, 7) is 1.34. The minimum atomic E-state index is -4.74. The monoisotopic (exact) mass is 522 g/mol. The van der Waals surface area contributed by atoms with E-state index < -0.39 is 27.6 Å². The first-order valence-electron chi connectivity index (χ1n) is 10.5. The van der Waals surface area contributed by atoms with Crippen LogP contribution >= 0.6 is 0 Å². The summed E-state index contributed by atoms with van der Waals surface area (Å²) in [4.78, 5) is 27.6. The highest BCUT2D eigenvalue weighted by atomic mass is 32.2. The number of alkyl halides is 3. The molecule has 15 heteroatoms. The quantitative estimate of drug-likeness (QED) is 0.427. The van der Waals surface area contributed by atoms with Crippen molar-refractivity contribution in [2.24, 2.45) is 0 Å². The van der Waals surface area contributed by atoms with Gasteiger partial charge in [-0.2, -0.15) is 18.2 Å². The highest BCUT2D eigenvalue weighted by Gasteiger charge is 2.35. The number of nitrogens with one attached hydrogen (secondary N) is 3. The van der Waals surface area contributed by atoms with Gasteiger partial charge in [0.1, 0.15) is 23.0 Å². The van der Waals surface area contributed by atoms with Gasteiger partial charge in [-0.1, -0.05) is 0 Å². The van der Waals surface area contributed by atoms with Crippen LogP contribution in [0.5, 0.6) is 0 Å². The molecule has 1 aliphatic rings. The second-order valence-electron chi connectivity index (χ2n) is 8.04. The normalized spacial score (nSPS) is 13.2. The van der Waals surface area contributed by atoms with Crippen molar-refractivity contribution < 1.29 is 26.4 Å². The molecule has 0 fully saturated rings. The Morgan fingerprint density at radius 1 is 1.17 bits per heavy atom. The van der Waals surface area contributed by atoms with Crippen molar-refractivity contribution in [3.63, 3.8) is 0 Å². The van der Waals surface area contributed by atoms with E-state index in [1.165, 1.54) is 13.1 Å². The van der Waals surface area contributed by atoms with Crippen LogP contribution in [0.4, 0.5) is 42.1 Å². The molecule has 3 N–H and O–H groups in total. The molecule has 1 aromatic carbocycles. The summed E-state index contributed by atoms with van der Waals surface area (Å²) in [5.41, 5.74) is 1.23. The first-order chi connectivity index (χ1) is 16.8. The molecule has 0 aliphatic carbocycles. The fourth-order valence-corrected chi connectivity index (χ4v) is 3.84. The predicted octanol–water partition coefficient (Wildman–Crippen LogP) is 2.84. The van der Waals surface area contributed by atoms with E-state index in [-0.39, 0.29) is 36.5 Å². The Balaban J connectivity index is 1.59. The van der Waals surface area contributed by atoms with E-state index >= 15 is 0 Å². The fourth-order valence-electron chi connectivity index (χ4n) is 3.41. The topological polar surface area (TPSA) is 142 Å². The number of hydrogen-bond acceptors (Lipinski definition) is 9. The molecule has 1 amide bonds. The molecular formula is C21H21F3N8O3S. The molecule has 0 saturated heterocycles. The Kier molecular flexibility index (Phi) is 6.43. The van der Waals surface area contributed by atoms with Crippen LogP contribution < -0.4 is 20.3 Å². The van der Waals surface area contributed by atoms with Gasteiger partial charge in [0.15, 0.2) is 0 Å². The highest BCUT2D eigenvalue weighted by Crippen LogP contribution is 2.34. The number of nitrogens with zero attached hydrogens (tertiary/aromatic N) is 5. The Morgan fingerprint density at radius 3 is 2.61 bits per heavy atom. The number of benzene rings is 1. The number of aromatic nitrogens is 4. The lowest BCUT2D eigenvalue weighted by Gasteiger charge is -2.17. The third-order valence-corrected chi connectivity index (χ3v) is 6.38. The molecule has 0 radical (unpaired) electrons. The summed E-state index contributed by atoms with van der Waals surface area (Å²) >= 11 is 0. The zero-order valence-corrected chi connectivity index (χ0v) is 20.1. The average molecular weight is 523 g/mol. The zero-order valence-electron chi connectivity index (χ0n) is 19.3. The van der Waals surface area contributed by atoms with Crippen molar-refractivity contribution in [2.45, 2.75) is 26.1 Å². The number of amides is 1. The van der Waals surface area contributed by atoms with Gasteiger partial charge in [-0.25, -0.2) is 23.4 Å². The van der Waals surface area contributed by atoms with Crippen LogP contribution in [-0.4, -0.2) is 47.6 Å². The Morgan fingerprint density at radius 2 is 1.92 bits per heavy atom. The van der Waals surface area contributed by atoms with Gasteiger partial charge in [-0.05, 0) is 30.7 Å². The predicted molar refractivity (Wildman–Crippen MR) is 126 cm³/mol. The van der Waals surface area contributed by atoms with E-state index in [4.69, 9.17) is 0 Å². The molecule has 1 aliphatic heterocycles. The van der Waals surface area contributed by atoms with Crippen LogP contribution in [0.2, 0.25) is 0 Å². The zero-order chi connectivity index (χ0) is 26.3. The molecule has 0 spiro atoms. The number of hydrogen-bond donors (Lipinski definition) is 3. The molecule has 3 aromatic rings.